The van der Waals surface area contributed by atoms with Gasteiger partial charge in [-0.3, -0.25) is 15.1 Å². The van der Waals surface area contributed by atoms with Crippen LogP contribution in [0.15, 0.2) is 30.6 Å². The molecular weight excluding hydrogens is 459 g/mol. The topological polar surface area (TPSA) is 102 Å². The second kappa shape index (κ2) is 9.52. The minimum absolute atomic E-state index is 0.255. The maximum atomic E-state index is 12.5. The fraction of sp³-hybridized carbons (Fsp3) is 0.400. The first-order chi connectivity index (χ1) is 14.9. The summed E-state index contributed by atoms with van der Waals surface area (Å²) >= 11 is 13.5. The van der Waals surface area contributed by atoms with Gasteiger partial charge in [-0.25, -0.2) is 0 Å². The fourth-order valence-electron chi connectivity index (χ4n) is 3.70. The number of nitrogens with zero attached hydrogens (tertiary/aromatic N) is 2. The van der Waals surface area contributed by atoms with Gasteiger partial charge in [0.15, 0.2) is 6.04 Å². The van der Waals surface area contributed by atoms with Gasteiger partial charge in [0.05, 0.1) is 16.5 Å². The Hall–Kier alpha value is -2.20. The maximum absolute atomic E-state index is 12.5. The van der Waals surface area contributed by atoms with E-state index in [1.165, 1.54) is 11.3 Å². The number of halogens is 2. The van der Waals surface area contributed by atoms with Gasteiger partial charge < -0.3 is 10.3 Å². The Balaban J connectivity index is 1.23. The zero-order valence-electron chi connectivity index (χ0n) is 16.8. The van der Waals surface area contributed by atoms with Gasteiger partial charge in [-0.05, 0) is 37.5 Å². The molecule has 4 N–H and O–H groups in total. The van der Waals surface area contributed by atoms with Crippen molar-refractivity contribution in [2.45, 2.75) is 38.5 Å². The molecular formula is C20H23Cl2N6O2S+. The number of rotatable bonds is 8. The molecule has 4 rings (SSSR count). The standard InChI is InChI=1S/C20H22Cl2N6O2S/c1-11(20(29)25-10-14-6-13-9-23-3-2-17(13)26-14)27-28(30)18-5-12(8-24-18)4-15-7-16(21)19(22)31-15/h2-3,6-7,9,11-12,18,24H,4-5,8,10H2,1H3,(H2-,23,25,26,27,29,30)/p+1/t11-,12-,18-/m0/s1. The molecule has 0 bridgehead atoms. The number of nitrogens with one attached hydrogen (secondary N) is 4. The number of pyridine rings is 1. The van der Waals surface area contributed by atoms with Crippen molar-refractivity contribution < 1.29 is 9.66 Å². The van der Waals surface area contributed by atoms with E-state index >= 15 is 0 Å². The molecule has 1 fully saturated rings. The molecule has 1 aliphatic heterocycles. The van der Waals surface area contributed by atoms with Crippen LogP contribution in [-0.2, 0) is 17.8 Å². The van der Waals surface area contributed by atoms with Gasteiger partial charge in [-0.15, -0.1) is 16.8 Å². The highest BCUT2D eigenvalue weighted by atomic mass is 35.5. The van der Waals surface area contributed by atoms with Crippen LogP contribution in [0.5, 0.6) is 0 Å². The molecule has 8 nitrogen and oxygen atoms in total. The zero-order chi connectivity index (χ0) is 22.0. The van der Waals surface area contributed by atoms with Crippen LogP contribution in [0.4, 0.5) is 0 Å². The number of aromatic nitrogens is 2. The number of hydrogen-bond acceptors (Lipinski definition) is 5. The smallest absolute Gasteiger partial charge is 0.287 e. The lowest BCUT2D eigenvalue weighted by molar-refractivity contribution is -0.647. The van der Waals surface area contributed by atoms with Crippen LogP contribution < -0.4 is 16.1 Å². The number of amides is 1. The Morgan fingerprint density at radius 3 is 3.00 bits per heavy atom. The molecule has 0 aromatic carbocycles. The molecule has 1 amide bonds. The van der Waals surface area contributed by atoms with E-state index in [0.717, 1.165) is 32.8 Å². The zero-order valence-corrected chi connectivity index (χ0v) is 19.2. The van der Waals surface area contributed by atoms with E-state index in [0.29, 0.717) is 34.8 Å². The number of carbonyl (C=O) groups excluding carboxylic acids is 1. The molecule has 3 aromatic heterocycles. The molecule has 0 radical (unpaired) electrons. The molecule has 164 valence electrons. The second-order valence-electron chi connectivity index (χ2n) is 7.72. The Morgan fingerprint density at radius 1 is 1.42 bits per heavy atom. The fourth-order valence-corrected chi connectivity index (χ4v) is 5.24. The average Bonchev–Trinajstić information content (AvgIpc) is 3.45. The lowest BCUT2D eigenvalue weighted by Gasteiger charge is -2.11. The van der Waals surface area contributed by atoms with Crippen molar-refractivity contribution in [1.29, 1.82) is 0 Å². The first-order valence-electron chi connectivity index (χ1n) is 9.98. The van der Waals surface area contributed by atoms with Crippen molar-refractivity contribution in [3.05, 3.63) is 55.4 Å². The van der Waals surface area contributed by atoms with Crippen molar-refractivity contribution in [3.63, 3.8) is 0 Å². The van der Waals surface area contributed by atoms with Crippen LogP contribution >= 0.6 is 34.5 Å². The van der Waals surface area contributed by atoms with Gasteiger partial charge >= 0.3 is 0 Å². The predicted molar refractivity (Wildman–Crippen MR) is 122 cm³/mol. The number of carbonyl (C=O) groups is 1. The third-order valence-electron chi connectivity index (χ3n) is 5.31. The van der Waals surface area contributed by atoms with E-state index in [2.05, 4.69) is 26.0 Å². The molecule has 3 atom stereocenters. The quantitative estimate of drug-likeness (QED) is 0.291. The van der Waals surface area contributed by atoms with Crippen LogP contribution in [0.3, 0.4) is 0 Å². The summed E-state index contributed by atoms with van der Waals surface area (Å²) in [6.45, 7) is 2.72. The van der Waals surface area contributed by atoms with Gasteiger partial charge in [0.2, 0.25) is 5.91 Å². The summed E-state index contributed by atoms with van der Waals surface area (Å²) in [5.74, 6) is 0.0460. The van der Waals surface area contributed by atoms with Crippen LogP contribution in [0.2, 0.25) is 9.36 Å². The molecule has 0 saturated carbocycles. The second-order valence-corrected chi connectivity index (χ2v) is 9.86. The van der Waals surface area contributed by atoms with Gasteiger partial charge in [-0.2, -0.15) is 0 Å². The Bertz CT molecular complexity index is 1050. The minimum atomic E-state index is -0.667. The van der Waals surface area contributed by atoms with Crippen molar-refractivity contribution >= 4 is 51.3 Å². The third-order valence-corrected chi connectivity index (χ3v) is 7.20. The highest BCUT2D eigenvalue weighted by Gasteiger charge is 2.37. The highest BCUT2D eigenvalue weighted by Crippen LogP contribution is 2.34. The third kappa shape index (κ3) is 5.35. The van der Waals surface area contributed by atoms with Crippen LogP contribution in [0.25, 0.3) is 10.9 Å². The lowest BCUT2D eigenvalue weighted by Crippen LogP contribution is -2.50. The number of thiophene rings is 1. The van der Waals surface area contributed by atoms with E-state index in [1.807, 2.05) is 18.2 Å². The van der Waals surface area contributed by atoms with Crippen molar-refractivity contribution in [2.75, 3.05) is 6.54 Å². The van der Waals surface area contributed by atoms with E-state index in [1.54, 1.807) is 19.3 Å². The Kier molecular flexibility index (Phi) is 6.76. The SMILES string of the molecule is C[C@H](N[N+](=O)[C@H]1C[C@H](Cc2cc(Cl)c(Cl)s2)CN1)C(=O)NCc1cc2cnccc2[nH]1. The van der Waals surface area contributed by atoms with Gasteiger partial charge in [0.25, 0.3) is 6.17 Å². The first-order valence-corrected chi connectivity index (χ1v) is 11.5. The largest absolute Gasteiger partial charge is 0.357 e. The summed E-state index contributed by atoms with van der Waals surface area (Å²) in [6, 6.07) is 5.03. The van der Waals surface area contributed by atoms with Crippen molar-refractivity contribution in [2.24, 2.45) is 5.92 Å². The number of H-pyrrole nitrogens is 1. The Labute approximate surface area is 193 Å². The highest BCUT2D eigenvalue weighted by molar-refractivity contribution is 7.16. The summed E-state index contributed by atoms with van der Waals surface area (Å²) in [5.41, 5.74) is 4.56. The molecule has 3 aromatic rings. The lowest BCUT2D eigenvalue weighted by atomic mass is 10.0. The van der Waals surface area contributed by atoms with Gasteiger partial charge in [0.1, 0.15) is 9.21 Å². The molecule has 1 saturated heterocycles. The van der Waals surface area contributed by atoms with Crippen LogP contribution in [0.1, 0.15) is 23.9 Å². The number of hydrazine groups is 1. The molecule has 0 unspecified atom stereocenters. The summed E-state index contributed by atoms with van der Waals surface area (Å²) in [6.07, 6.45) is 4.56. The molecule has 0 spiro atoms. The number of aromatic amines is 1. The average molecular weight is 482 g/mol. The van der Waals surface area contributed by atoms with E-state index in [4.69, 9.17) is 23.2 Å². The number of hydrogen-bond donors (Lipinski definition) is 4. The first kappa shape index (κ1) is 22.0. The van der Waals surface area contributed by atoms with Gasteiger partial charge in [-0.1, -0.05) is 23.2 Å². The molecule has 31 heavy (non-hydrogen) atoms. The molecule has 4 heterocycles. The minimum Gasteiger partial charge on any atom is -0.357 e. The summed E-state index contributed by atoms with van der Waals surface area (Å²) < 4.78 is 0.593. The monoisotopic (exact) mass is 481 g/mol. The molecule has 1 aliphatic rings. The number of nitroso groups, excluding NO2 is 1. The summed E-state index contributed by atoms with van der Waals surface area (Å²) in [5, 5.41) is 7.61. The number of fused-ring (bicyclic) bond motifs is 1. The van der Waals surface area contributed by atoms with Crippen LogP contribution in [-0.4, -0.2) is 39.5 Å². The maximum Gasteiger partial charge on any atom is 0.287 e. The normalized spacial score (nSPS) is 19.5. The van der Waals surface area contributed by atoms with E-state index in [-0.39, 0.29) is 5.91 Å². The predicted octanol–water partition coefficient (Wildman–Crippen LogP) is 3.40. The van der Waals surface area contributed by atoms with Crippen molar-refractivity contribution in [3.8, 4) is 0 Å². The summed E-state index contributed by atoms with van der Waals surface area (Å²) in [4.78, 5) is 34.1. The molecule has 0 aliphatic carbocycles. The Morgan fingerprint density at radius 2 is 2.26 bits per heavy atom. The van der Waals surface area contributed by atoms with Gasteiger partial charge in [0, 0.05) is 46.8 Å². The molecule has 11 heteroatoms. The van der Waals surface area contributed by atoms with Crippen molar-refractivity contribution in [1.82, 2.24) is 26.0 Å². The van der Waals surface area contributed by atoms with Crippen LogP contribution in [0, 0.1) is 10.8 Å². The van der Waals surface area contributed by atoms with E-state index < -0.39 is 12.2 Å². The summed E-state index contributed by atoms with van der Waals surface area (Å²) in [7, 11) is 0. The van der Waals surface area contributed by atoms with E-state index in [9.17, 15) is 9.70 Å².